The van der Waals surface area contributed by atoms with E-state index < -0.39 is 12.2 Å². The number of nitriles is 1. The van der Waals surface area contributed by atoms with Crippen LogP contribution in [0.5, 0.6) is 0 Å². The summed E-state index contributed by atoms with van der Waals surface area (Å²) in [5.74, 6) is 0. The van der Waals surface area contributed by atoms with Gasteiger partial charge in [0.2, 0.25) is 0 Å². The number of rotatable bonds is 3. The number of aromatic nitrogens is 1. The van der Waals surface area contributed by atoms with E-state index in [4.69, 9.17) is 5.26 Å². The van der Waals surface area contributed by atoms with Crippen molar-refractivity contribution in [3.05, 3.63) is 29.6 Å². The van der Waals surface area contributed by atoms with Gasteiger partial charge in [-0.2, -0.15) is 5.26 Å². The molecule has 0 amide bonds. The number of aliphatic hydroxyl groups excluding tert-OH is 2. The summed E-state index contributed by atoms with van der Waals surface area (Å²) in [5, 5.41) is 27.4. The number of hydrogen-bond acceptors (Lipinski definition) is 4. The standard InChI is InChI=1S/C10H12N2O2/c1-7-6-12-5-3-8(7)10(14)9(13)2-4-11/h3,5-6,9-10,13-14H,2H2,1H3. The van der Waals surface area contributed by atoms with Crippen LogP contribution in [-0.2, 0) is 0 Å². The van der Waals surface area contributed by atoms with Gasteiger partial charge in [-0.05, 0) is 24.1 Å². The van der Waals surface area contributed by atoms with E-state index in [0.29, 0.717) is 5.56 Å². The van der Waals surface area contributed by atoms with E-state index in [9.17, 15) is 10.2 Å². The highest BCUT2D eigenvalue weighted by Crippen LogP contribution is 2.20. The SMILES string of the molecule is Cc1cnccc1C(O)C(O)CC#N. The van der Waals surface area contributed by atoms with E-state index in [1.807, 2.05) is 6.07 Å². The molecular formula is C10H12N2O2. The van der Waals surface area contributed by atoms with Crippen molar-refractivity contribution in [1.29, 1.82) is 5.26 Å². The van der Waals surface area contributed by atoms with Gasteiger partial charge in [0.15, 0.2) is 0 Å². The lowest BCUT2D eigenvalue weighted by molar-refractivity contribution is 0.0212. The summed E-state index contributed by atoms with van der Waals surface area (Å²) < 4.78 is 0. The van der Waals surface area contributed by atoms with Gasteiger partial charge in [-0.1, -0.05) is 0 Å². The van der Waals surface area contributed by atoms with Crippen molar-refractivity contribution in [3.8, 4) is 6.07 Å². The van der Waals surface area contributed by atoms with Gasteiger partial charge >= 0.3 is 0 Å². The Morgan fingerprint density at radius 3 is 2.86 bits per heavy atom. The topological polar surface area (TPSA) is 77.1 Å². The largest absolute Gasteiger partial charge is 0.389 e. The fraction of sp³-hybridized carbons (Fsp3) is 0.400. The normalized spacial score (nSPS) is 14.4. The summed E-state index contributed by atoms with van der Waals surface area (Å²) in [6, 6.07) is 3.45. The monoisotopic (exact) mass is 192 g/mol. The van der Waals surface area contributed by atoms with Gasteiger partial charge in [0, 0.05) is 12.4 Å². The van der Waals surface area contributed by atoms with Crippen LogP contribution >= 0.6 is 0 Å². The Bertz CT molecular complexity index is 346. The van der Waals surface area contributed by atoms with Gasteiger partial charge in [0.1, 0.15) is 6.10 Å². The van der Waals surface area contributed by atoms with Crippen LogP contribution in [0, 0.1) is 18.3 Å². The van der Waals surface area contributed by atoms with Crippen molar-refractivity contribution in [1.82, 2.24) is 4.98 Å². The van der Waals surface area contributed by atoms with Gasteiger partial charge in [0.25, 0.3) is 0 Å². The van der Waals surface area contributed by atoms with Crippen molar-refractivity contribution in [2.24, 2.45) is 0 Å². The molecule has 0 fully saturated rings. The summed E-state index contributed by atoms with van der Waals surface area (Å²) in [7, 11) is 0. The van der Waals surface area contributed by atoms with Crippen LogP contribution in [0.3, 0.4) is 0 Å². The Morgan fingerprint density at radius 1 is 1.57 bits per heavy atom. The van der Waals surface area contributed by atoms with Crippen molar-refractivity contribution in [2.75, 3.05) is 0 Å². The van der Waals surface area contributed by atoms with Gasteiger partial charge in [0.05, 0.1) is 18.6 Å². The highest BCUT2D eigenvalue weighted by molar-refractivity contribution is 5.24. The molecule has 14 heavy (non-hydrogen) atoms. The smallest absolute Gasteiger partial charge is 0.106 e. The Kier molecular flexibility index (Phi) is 3.57. The Labute approximate surface area is 82.5 Å². The molecule has 0 bridgehead atoms. The minimum absolute atomic E-state index is 0.0804. The number of aliphatic hydroxyl groups is 2. The Balaban J connectivity index is 2.84. The molecule has 0 saturated carbocycles. The van der Waals surface area contributed by atoms with Crippen LogP contribution in [0.1, 0.15) is 23.7 Å². The molecular weight excluding hydrogens is 180 g/mol. The highest BCUT2D eigenvalue weighted by atomic mass is 16.3. The molecule has 0 radical (unpaired) electrons. The van der Waals surface area contributed by atoms with Crippen molar-refractivity contribution in [2.45, 2.75) is 25.6 Å². The first kappa shape index (κ1) is 10.6. The first-order valence-corrected chi connectivity index (χ1v) is 4.30. The molecule has 2 unspecified atom stereocenters. The molecule has 0 aliphatic carbocycles. The van der Waals surface area contributed by atoms with Crippen LogP contribution in [0.15, 0.2) is 18.5 Å². The highest BCUT2D eigenvalue weighted by Gasteiger charge is 2.19. The van der Waals surface area contributed by atoms with Crippen LogP contribution in [0.2, 0.25) is 0 Å². The Hall–Kier alpha value is -1.44. The summed E-state index contributed by atoms with van der Waals surface area (Å²) in [5.41, 5.74) is 1.42. The minimum Gasteiger partial charge on any atom is -0.389 e. The second kappa shape index (κ2) is 4.70. The number of nitrogens with zero attached hydrogens (tertiary/aromatic N) is 2. The molecule has 0 aliphatic heterocycles. The molecule has 1 rings (SSSR count). The molecule has 1 aromatic rings. The van der Waals surface area contributed by atoms with Crippen LogP contribution < -0.4 is 0 Å². The van der Waals surface area contributed by atoms with E-state index in [1.54, 1.807) is 25.4 Å². The molecule has 0 aromatic carbocycles. The number of aryl methyl sites for hydroxylation is 1. The Morgan fingerprint density at radius 2 is 2.29 bits per heavy atom. The van der Waals surface area contributed by atoms with E-state index in [-0.39, 0.29) is 6.42 Å². The number of pyridine rings is 1. The zero-order valence-electron chi connectivity index (χ0n) is 7.88. The summed E-state index contributed by atoms with van der Waals surface area (Å²) in [6.45, 7) is 1.80. The fourth-order valence-corrected chi connectivity index (χ4v) is 1.23. The lowest BCUT2D eigenvalue weighted by atomic mass is 10.0. The molecule has 2 N–H and O–H groups in total. The molecule has 0 spiro atoms. The molecule has 2 atom stereocenters. The molecule has 4 heteroatoms. The van der Waals surface area contributed by atoms with Crippen molar-refractivity contribution >= 4 is 0 Å². The first-order valence-electron chi connectivity index (χ1n) is 4.30. The van der Waals surface area contributed by atoms with E-state index >= 15 is 0 Å². The molecule has 0 aliphatic rings. The van der Waals surface area contributed by atoms with Crippen molar-refractivity contribution in [3.63, 3.8) is 0 Å². The third-order valence-corrected chi connectivity index (χ3v) is 2.05. The zero-order valence-corrected chi connectivity index (χ0v) is 7.88. The maximum atomic E-state index is 9.67. The van der Waals surface area contributed by atoms with E-state index in [2.05, 4.69) is 4.98 Å². The molecule has 1 heterocycles. The average Bonchev–Trinajstić information content (AvgIpc) is 2.18. The van der Waals surface area contributed by atoms with E-state index in [0.717, 1.165) is 5.56 Å². The van der Waals surface area contributed by atoms with Crippen LogP contribution in [0.25, 0.3) is 0 Å². The minimum atomic E-state index is -1.04. The molecule has 74 valence electrons. The summed E-state index contributed by atoms with van der Waals surface area (Å²) >= 11 is 0. The molecule has 4 nitrogen and oxygen atoms in total. The van der Waals surface area contributed by atoms with Gasteiger partial charge in [-0.25, -0.2) is 0 Å². The second-order valence-corrected chi connectivity index (χ2v) is 3.11. The zero-order chi connectivity index (χ0) is 10.6. The van der Waals surface area contributed by atoms with Gasteiger partial charge in [-0.15, -0.1) is 0 Å². The van der Waals surface area contributed by atoms with Gasteiger partial charge in [-0.3, -0.25) is 4.98 Å². The first-order chi connectivity index (χ1) is 6.66. The third kappa shape index (κ3) is 2.28. The number of hydrogen-bond donors (Lipinski definition) is 2. The van der Waals surface area contributed by atoms with Crippen LogP contribution in [0.4, 0.5) is 0 Å². The second-order valence-electron chi connectivity index (χ2n) is 3.11. The van der Waals surface area contributed by atoms with Gasteiger partial charge < -0.3 is 10.2 Å². The lowest BCUT2D eigenvalue weighted by Gasteiger charge is -2.16. The molecule has 1 aromatic heterocycles. The molecule has 0 saturated heterocycles. The predicted molar refractivity (Wildman–Crippen MR) is 50.2 cm³/mol. The quantitative estimate of drug-likeness (QED) is 0.739. The lowest BCUT2D eigenvalue weighted by Crippen LogP contribution is -2.18. The van der Waals surface area contributed by atoms with Crippen molar-refractivity contribution < 1.29 is 10.2 Å². The fourth-order valence-electron chi connectivity index (χ4n) is 1.23. The maximum absolute atomic E-state index is 9.67. The van der Waals surface area contributed by atoms with Crippen LogP contribution in [-0.4, -0.2) is 21.3 Å². The predicted octanol–water partition coefficient (Wildman–Crippen LogP) is 0.698. The summed E-state index contributed by atoms with van der Waals surface area (Å²) in [4.78, 5) is 3.87. The van der Waals surface area contributed by atoms with E-state index in [1.165, 1.54) is 0 Å². The third-order valence-electron chi connectivity index (χ3n) is 2.05. The average molecular weight is 192 g/mol. The summed E-state index contributed by atoms with van der Waals surface area (Å²) in [6.07, 6.45) is 1.02. The maximum Gasteiger partial charge on any atom is 0.106 e.